The number of nitrogens with zero attached hydrogens (tertiary/aromatic N) is 8. The molecule has 0 aliphatic heterocycles. The fourth-order valence-corrected chi connectivity index (χ4v) is 23.5. The highest BCUT2D eigenvalue weighted by Crippen LogP contribution is 2.48. The van der Waals surface area contributed by atoms with Gasteiger partial charge < -0.3 is 36.5 Å². The summed E-state index contributed by atoms with van der Waals surface area (Å²) < 4.78 is 19.1. The van der Waals surface area contributed by atoms with Crippen LogP contribution in [0, 0.1) is 0 Å². The van der Waals surface area contributed by atoms with Crippen molar-refractivity contribution < 1.29 is 0 Å². The Morgan fingerprint density at radius 3 is 0.701 bits per heavy atom. The normalized spacial score (nSPS) is 11.8. The number of para-hydroxylation sites is 8. The summed E-state index contributed by atoms with van der Waals surface area (Å²) in [6.07, 6.45) is 0. The first-order valence-corrected chi connectivity index (χ1v) is 49.6. The van der Waals surface area contributed by atoms with E-state index < -0.39 is 0 Å². The fraction of sp³-hybridized carbons (Fsp3) is 0.0294. The second-order valence-corrected chi connectivity index (χ2v) is 38.0. The van der Waals surface area contributed by atoms with Crippen molar-refractivity contribution in [2.24, 2.45) is 28.2 Å². The number of benzene rings is 22. The van der Waals surface area contributed by atoms with E-state index in [4.69, 9.17) is 0 Å². The van der Waals surface area contributed by atoms with Crippen molar-refractivity contribution in [3.05, 3.63) is 510 Å². The molecule has 0 spiro atoms. The summed E-state index contributed by atoms with van der Waals surface area (Å²) in [5.41, 5.74) is 39.5. The molecule has 30 aromatic rings. The van der Waals surface area contributed by atoms with Gasteiger partial charge in [-0.2, -0.15) is 0 Å². The molecule has 0 fully saturated rings. The Morgan fingerprint density at radius 2 is 0.326 bits per heavy atom. The molecule has 0 aliphatic carbocycles. The molecule has 22 aromatic carbocycles. The monoisotopic (exact) mass is 1840 g/mol. The minimum atomic E-state index is 1.17. The zero-order valence-corrected chi connectivity index (χ0v) is 80.1. The maximum Gasteiger partial charge on any atom is 0.0641 e. The smallest absolute Gasteiger partial charge is 0.0641 e. The molecule has 8 aromatic heterocycles. The molecule has 0 radical (unpaired) electrons. The second-order valence-electron chi connectivity index (χ2n) is 38.0. The lowest BCUT2D eigenvalue weighted by Gasteiger charge is -2.11. The lowest BCUT2D eigenvalue weighted by molar-refractivity contribution is 1.01. The van der Waals surface area contributed by atoms with Crippen molar-refractivity contribution in [2.45, 2.75) is 0 Å². The molecule has 30 rings (SSSR count). The van der Waals surface area contributed by atoms with Crippen molar-refractivity contribution >= 4 is 174 Å². The molecule has 680 valence electrons. The topological polar surface area (TPSA) is 39.4 Å². The van der Waals surface area contributed by atoms with Crippen LogP contribution in [0.3, 0.4) is 0 Å². The minimum absolute atomic E-state index is 1.17. The zero-order chi connectivity index (χ0) is 95.7. The van der Waals surface area contributed by atoms with E-state index >= 15 is 0 Å². The largest absolute Gasteiger partial charge is 0.344 e. The second kappa shape index (κ2) is 34.7. The van der Waals surface area contributed by atoms with E-state index in [-0.39, 0.29) is 0 Å². The van der Waals surface area contributed by atoms with Crippen molar-refractivity contribution in [2.75, 3.05) is 0 Å². The Balaban J connectivity index is 0.0000000959. The predicted molar refractivity (Wildman–Crippen MR) is 612 cm³/mol. The Hall–Kier alpha value is -18.8. The van der Waals surface area contributed by atoms with Crippen LogP contribution >= 0.6 is 0 Å². The van der Waals surface area contributed by atoms with Crippen LogP contribution in [0.2, 0.25) is 0 Å². The van der Waals surface area contributed by atoms with Crippen LogP contribution in [0.4, 0.5) is 0 Å². The van der Waals surface area contributed by atoms with Crippen LogP contribution in [0.15, 0.2) is 510 Å². The number of fused-ring (bicyclic) bond motifs is 28. The van der Waals surface area contributed by atoms with E-state index in [2.05, 4.69) is 574 Å². The Kier molecular flexibility index (Phi) is 20.4. The highest BCUT2D eigenvalue weighted by atomic mass is 15.0. The van der Waals surface area contributed by atoms with Gasteiger partial charge in [-0.15, -0.1) is 0 Å². The number of hydrogen-bond acceptors (Lipinski definition) is 0. The molecule has 0 amide bonds. The maximum atomic E-state index is 2.45. The summed E-state index contributed by atoms with van der Waals surface area (Å²) in [6, 6.07) is 184. The van der Waals surface area contributed by atoms with Gasteiger partial charge in [-0.3, -0.25) is 0 Å². The van der Waals surface area contributed by atoms with Gasteiger partial charge >= 0.3 is 0 Å². The highest BCUT2D eigenvalue weighted by molar-refractivity contribution is 6.30. The molecule has 144 heavy (non-hydrogen) atoms. The summed E-state index contributed by atoms with van der Waals surface area (Å²) >= 11 is 0. The van der Waals surface area contributed by atoms with Crippen LogP contribution in [-0.4, -0.2) is 36.5 Å². The lowest BCUT2D eigenvalue weighted by atomic mass is 9.99. The Bertz CT molecular complexity index is 10300. The molecule has 8 heterocycles. The highest BCUT2D eigenvalue weighted by Gasteiger charge is 2.26. The van der Waals surface area contributed by atoms with Gasteiger partial charge in [0.1, 0.15) is 0 Å². The summed E-state index contributed by atoms with van der Waals surface area (Å²) in [7, 11) is 8.71. The van der Waals surface area contributed by atoms with Gasteiger partial charge in [-0.1, -0.05) is 376 Å². The number of hydrogen-bond donors (Lipinski definition) is 0. The first kappa shape index (κ1) is 84.5. The average molecular weight is 1840 g/mol. The first-order valence-electron chi connectivity index (χ1n) is 49.6. The standard InChI is InChI=1S/2C37H26N2.2C31H22N2/c1-38-33-19-7-5-17-30(33)31-21-22-35-36(37(31)38)32-18-6-8-20-34(32)39(35)29-16-10-15-28(24-29)27-14-9-13-26(23-27)25-11-3-2-4-12-25;1-38-33-16-7-5-14-30(33)31-22-23-35-36(37(31)38)32-15-6-8-17-34(32)39(35)29-20-18-26(19-21-29)28-13-9-12-27(24-28)25-10-3-2-4-11-25;1-32-27-16-7-6-15-26(27)30-29(32)19-18-25-24-14-5-8-17-28(24)33(31(25)30)23-13-9-12-22(20-23)21-10-3-2-4-11-21;1-32-27-13-7-6-12-26(27)30-29(32)20-19-25-24-11-5-8-14-28(24)33(31(25)30)23-17-15-22(16-18-23)21-9-3-2-4-10-21/h2*2-24H,1H3;2*2-20H,1H3. The van der Waals surface area contributed by atoms with Gasteiger partial charge in [0.2, 0.25) is 0 Å². The van der Waals surface area contributed by atoms with E-state index in [1.165, 1.54) is 264 Å². The molecule has 0 unspecified atom stereocenters. The van der Waals surface area contributed by atoms with Gasteiger partial charge in [0.05, 0.1) is 66.2 Å². The van der Waals surface area contributed by atoms with Crippen LogP contribution < -0.4 is 0 Å². The molecule has 0 saturated heterocycles. The summed E-state index contributed by atoms with van der Waals surface area (Å²) in [5.74, 6) is 0. The van der Waals surface area contributed by atoms with E-state index in [9.17, 15) is 0 Å². The van der Waals surface area contributed by atoms with Crippen LogP contribution in [0.5, 0.6) is 0 Å². The molecular formula is C136H96N8. The molecule has 8 heteroatoms. The SMILES string of the molecule is Cn1c2ccccc2c2c1ccc1c3ccccc3n(-c3ccc(-c4ccccc4)cc3)c12.Cn1c2ccccc2c2c1ccc1c3ccccc3n(-c3cccc(-c4ccccc4)c3)c12.Cn1c2ccccc2c2ccc3c(c4ccccc4n3-c3ccc(-c4cccc(-c5ccccc5)c4)cc3)c21.Cn1c2ccccc2c2ccc3c(c4ccccc4n3-c3cccc(-c4cccc(-c5ccccc5)c4)c3)c21. The van der Waals surface area contributed by atoms with Crippen molar-refractivity contribution in [3.63, 3.8) is 0 Å². The molecule has 0 N–H and O–H groups in total. The number of rotatable bonds is 10. The van der Waals surface area contributed by atoms with Crippen molar-refractivity contribution in [3.8, 4) is 89.5 Å². The van der Waals surface area contributed by atoms with E-state index in [0.29, 0.717) is 0 Å². The van der Waals surface area contributed by atoms with Crippen LogP contribution in [0.1, 0.15) is 0 Å². The maximum absolute atomic E-state index is 2.45. The number of aryl methyl sites for hydroxylation is 4. The van der Waals surface area contributed by atoms with Crippen molar-refractivity contribution in [1.82, 2.24) is 36.5 Å². The van der Waals surface area contributed by atoms with Gasteiger partial charge in [-0.25, -0.2) is 0 Å². The first-order chi connectivity index (χ1) is 71.2. The van der Waals surface area contributed by atoms with Crippen LogP contribution in [0.25, 0.3) is 264 Å². The predicted octanol–water partition coefficient (Wildman–Crippen LogP) is 35.7. The number of aromatic nitrogens is 8. The molecule has 0 atom stereocenters. The quantitative estimate of drug-likeness (QED) is 0.131. The summed E-state index contributed by atoms with van der Waals surface area (Å²) in [4.78, 5) is 0. The third-order valence-electron chi connectivity index (χ3n) is 30.1. The lowest BCUT2D eigenvalue weighted by Crippen LogP contribution is -1.95. The van der Waals surface area contributed by atoms with E-state index in [0.717, 1.165) is 0 Å². The molecular weight excluding hydrogens is 1750 g/mol. The molecule has 0 aliphatic rings. The molecule has 0 bridgehead atoms. The molecule has 0 saturated carbocycles. The average Bonchev–Trinajstić information content (AvgIpc) is 1.56. The van der Waals surface area contributed by atoms with Gasteiger partial charge in [-0.05, 0) is 200 Å². The van der Waals surface area contributed by atoms with Crippen molar-refractivity contribution in [1.29, 1.82) is 0 Å². The minimum Gasteiger partial charge on any atom is -0.344 e. The zero-order valence-electron chi connectivity index (χ0n) is 80.1. The van der Waals surface area contributed by atoms with Gasteiger partial charge in [0.25, 0.3) is 0 Å². The van der Waals surface area contributed by atoms with Gasteiger partial charge in [0.15, 0.2) is 0 Å². The van der Waals surface area contributed by atoms with Gasteiger partial charge in [0, 0.05) is 159 Å². The van der Waals surface area contributed by atoms with E-state index in [1.807, 2.05) is 0 Å². The van der Waals surface area contributed by atoms with Crippen LogP contribution in [-0.2, 0) is 28.2 Å². The third kappa shape index (κ3) is 13.8. The Labute approximate surface area is 832 Å². The molecule has 8 nitrogen and oxygen atoms in total. The van der Waals surface area contributed by atoms with E-state index in [1.54, 1.807) is 0 Å². The fourth-order valence-electron chi connectivity index (χ4n) is 23.5. The Morgan fingerprint density at radius 1 is 0.111 bits per heavy atom. The summed E-state index contributed by atoms with van der Waals surface area (Å²) in [6.45, 7) is 0. The third-order valence-corrected chi connectivity index (χ3v) is 30.1. The summed E-state index contributed by atoms with van der Waals surface area (Å²) in [5, 5.41) is 20.7.